The van der Waals surface area contributed by atoms with E-state index in [4.69, 9.17) is 14.2 Å². The Morgan fingerprint density at radius 3 is 2.43 bits per heavy atom. The second kappa shape index (κ2) is 12.7. The van der Waals surface area contributed by atoms with E-state index in [-0.39, 0.29) is 11.6 Å². The van der Waals surface area contributed by atoms with Gasteiger partial charge in [0.05, 0.1) is 13.2 Å². The molecule has 7 heteroatoms. The molecule has 2 N–H and O–H groups in total. The monoisotopic (exact) mass is 417 g/mol. The average molecular weight is 418 g/mol. The van der Waals surface area contributed by atoms with E-state index < -0.39 is 0 Å². The van der Waals surface area contributed by atoms with E-state index >= 15 is 0 Å². The molecule has 0 atom stereocenters. The largest absolute Gasteiger partial charge is 0.491 e. The molecule has 0 aromatic heterocycles. The molecule has 0 aliphatic rings. The molecule has 2 rings (SSSR count). The van der Waals surface area contributed by atoms with Gasteiger partial charge in [0.1, 0.15) is 12.4 Å². The van der Waals surface area contributed by atoms with Crippen LogP contribution in [0.15, 0.2) is 41.4 Å². The SMILES string of the molecule is CCOCCOc1cc(C)ccc1CNC(=NC)NCc1ccc(OCC)c(F)c1. The average Bonchev–Trinajstić information content (AvgIpc) is 2.74. The van der Waals surface area contributed by atoms with Crippen LogP contribution in [0.4, 0.5) is 4.39 Å². The number of hydrogen-bond acceptors (Lipinski definition) is 4. The van der Waals surface area contributed by atoms with Gasteiger partial charge in [0.15, 0.2) is 17.5 Å². The second-order valence-corrected chi connectivity index (χ2v) is 6.63. The van der Waals surface area contributed by atoms with Gasteiger partial charge in [-0.3, -0.25) is 4.99 Å². The number of rotatable bonds is 11. The number of ether oxygens (including phenoxy) is 3. The highest BCUT2D eigenvalue weighted by molar-refractivity contribution is 5.79. The summed E-state index contributed by atoms with van der Waals surface area (Å²) in [6.07, 6.45) is 0. The molecule has 0 fully saturated rings. The zero-order valence-electron chi connectivity index (χ0n) is 18.3. The van der Waals surface area contributed by atoms with Gasteiger partial charge in [0.25, 0.3) is 0 Å². The summed E-state index contributed by atoms with van der Waals surface area (Å²) in [6, 6.07) is 11.0. The van der Waals surface area contributed by atoms with Gasteiger partial charge in [-0.1, -0.05) is 18.2 Å². The van der Waals surface area contributed by atoms with Crippen LogP contribution in [0, 0.1) is 12.7 Å². The van der Waals surface area contributed by atoms with Crippen molar-refractivity contribution in [1.29, 1.82) is 0 Å². The number of aryl methyl sites for hydroxylation is 1. The molecule has 0 saturated carbocycles. The third-order valence-corrected chi connectivity index (χ3v) is 4.34. The summed E-state index contributed by atoms with van der Waals surface area (Å²) in [5.74, 6) is 1.34. The lowest BCUT2D eigenvalue weighted by atomic mass is 10.1. The lowest BCUT2D eigenvalue weighted by molar-refractivity contribution is 0.110. The molecule has 0 bridgehead atoms. The zero-order chi connectivity index (χ0) is 21.8. The van der Waals surface area contributed by atoms with Crippen molar-refractivity contribution in [3.05, 3.63) is 58.9 Å². The van der Waals surface area contributed by atoms with Crippen LogP contribution in [0.25, 0.3) is 0 Å². The maximum atomic E-state index is 14.0. The van der Waals surface area contributed by atoms with Crippen LogP contribution in [0.1, 0.15) is 30.5 Å². The maximum Gasteiger partial charge on any atom is 0.191 e. The van der Waals surface area contributed by atoms with Crippen LogP contribution in [-0.4, -0.2) is 39.4 Å². The third kappa shape index (κ3) is 7.55. The first-order valence-electron chi connectivity index (χ1n) is 10.2. The fourth-order valence-electron chi connectivity index (χ4n) is 2.81. The van der Waals surface area contributed by atoms with Crippen LogP contribution >= 0.6 is 0 Å². The molecule has 0 heterocycles. The molecule has 30 heavy (non-hydrogen) atoms. The molecular weight excluding hydrogens is 385 g/mol. The van der Waals surface area contributed by atoms with Crippen molar-refractivity contribution in [3.8, 4) is 11.5 Å². The zero-order valence-corrected chi connectivity index (χ0v) is 18.3. The highest BCUT2D eigenvalue weighted by Crippen LogP contribution is 2.20. The number of guanidine groups is 1. The minimum atomic E-state index is -0.368. The van der Waals surface area contributed by atoms with Crippen LogP contribution in [-0.2, 0) is 17.8 Å². The normalized spacial score (nSPS) is 11.3. The molecule has 0 unspecified atom stereocenters. The molecule has 0 saturated heterocycles. The predicted molar refractivity (Wildman–Crippen MR) is 118 cm³/mol. The lowest BCUT2D eigenvalue weighted by Crippen LogP contribution is -2.36. The third-order valence-electron chi connectivity index (χ3n) is 4.34. The summed E-state index contributed by atoms with van der Waals surface area (Å²) in [6.45, 7) is 8.96. The van der Waals surface area contributed by atoms with Crippen LogP contribution in [0.3, 0.4) is 0 Å². The maximum absolute atomic E-state index is 14.0. The van der Waals surface area contributed by atoms with Crippen molar-refractivity contribution < 1.29 is 18.6 Å². The van der Waals surface area contributed by atoms with E-state index in [9.17, 15) is 4.39 Å². The first-order valence-corrected chi connectivity index (χ1v) is 10.2. The Hall–Kier alpha value is -2.80. The molecule has 0 amide bonds. The molecule has 0 spiro atoms. The standard InChI is InChI=1S/C23H32FN3O3/c1-5-28-11-12-30-22-13-17(3)7-9-19(22)16-27-23(25-4)26-15-18-8-10-21(29-6-2)20(24)14-18/h7-10,13-14H,5-6,11-12,15-16H2,1-4H3,(H2,25,26,27). The van der Waals surface area contributed by atoms with Gasteiger partial charge in [0, 0.05) is 32.3 Å². The van der Waals surface area contributed by atoms with Crippen LogP contribution in [0.5, 0.6) is 11.5 Å². The topological polar surface area (TPSA) is 64.1 Å². The molecule has 164 valence electrons. The minimum absolute atomic E-state index is 0.264. The van der Waals surface area contributed by atoms with Crippen molar-refractivity contribution in [2.75, 3.05) is 33.5 Å². The summed E-state index contributed by atoms with van der Waals surface area (Å²) >= 11 is 0. The smallest absolute Gasteiger partial charge is 0.191 e. The van der Waals surface area contributed by atoms with E-state index in [2.05, 4.69) is 15.6 Å². The summed E-state index contributed by atoms with van der Waals surface area (Å²) in [7, 11) is 1.70. The van der Waals surface area contributed by atoms with Crippen molar-refractivity contribution in [3.63, 3.8) is 0 Å². The molecular formula is C23H32FN3O3. The number of benzene rings is 2. The summed E-state index contributed by atoms with van der Waals surface area (Å²) in [4.78, 5) is 4.24. The van der Waals surface area contributed by atoms with Gasteiger partial charge in [-0.05, 0) is 50.1 Å². The first kappa shape index (κ1) is 23.5. The van der Waals surface area contributed by atoms with Gasteiger partial charge in [-0.15, -0.1) is 0 Å². The van der Waals surface area contributed by atoms with Gasteiger partial charge in [-0.2, -0.15) is 0 Å². The molecule has 2 aromatic rings. The van der Waals surface area contributed by atoms with E-state index in [0.29, 0.717) is 45.5 Å². The van der Waals surface area contributed by atoms with E-state index in [1.807, 2.05) is 45.0 Å². The van der Waals surface area contributed by atoms with Crippen molar-refractivity contribution >= 4 is 5.96 Å². The Balaban J connectivity index is 1.91. The van der Waals surface area contributed by atoms with Crippen LogP contribution < -0.4 is 20.1 Å². The summed E-state index contributed by atoms with van der Waals surface area (Å²) in [5, 5.41) is 6.47. The second-order valence-electron chi connectivity index (χ2n) is 6.63. The first-order chi connectivity index (χ1) is 14.6. The van der Waals surface area contributed by atoms with Gasteiger partial charge in [-0.25, -0.2) is 4.39 Å². The number of nitrogens with one attached hydrogen (secondary N) is 2. The number of halogens is 1. The predicted octanol–water partition coefficient (Wildman–Crippen LogP) is 3.81. The number of nitrogens with zero attached hydrogens (tertiary/aromatic N) is 1. The van der Waals surface area contributed by atoms with Crippen LogP contribution in [0.2, 0.25) is 0 Å². The van der Waals surface area contributed by atoms with Gasteiger partial charge >= 0.3 is 0 Å². The quantitative estimate of drug-likeness (QED) is 0.331. The summed E-state index contributed by atoms with van der Waals surface area (Å²) in [5.41, 5.74) is 2.95. The highest BCUT2D eigenvalue weighted by Gasteiger charge is 2.08. The molecule has 0 radical (unpaired) electrons. The molecule has 6 nitrogen and oxygen atoms in total. The summed E-state index contributed by atoms with van der Waals surface area (Å²) < 4.78 is 30.5. The number of aliphatic imine (C=N–C) groups is 1. The molecule has 0 aliphatic carbocycles. The van der Waals surface area contributed by atoms with E-state index in [0.717, 1.165) is 22.4 Å². The lowest BCUT2D eigenvalue weighted by Gasteiger charge is -2.16. The molecule has 2 aromatic carbocycles. The van der Waals surface area contributed by atoms with Gasteiger partial charge < -0.3 is 24.8 Å². The van der Waals surface area contributed by atoms with Crippen molar-refractivity contribution in [1.82, 2.24) is 10.6 Å². The minimum Gasteiger partial charge on any atom is -0.491 e. The Bertz CT molecular complexity index is 827. The van der Waals surface area contributed by atoms with E-state index in [1.165, 1.54) is 6.07 Å². The Kier molecular flexibility index (Phi) is 9.94. The Labute approximate surface area is 178 Å². The fraction of sp³-hybridized carbons (Fsp3) is 0.435. The number of hydrogen-bond donors (Lipinski definition) is 2. The van der Waals surface area contributed by atoms with E-state index in [1.54, 1.807) is 13.1 Å². The molecule has 0 aliphatic heterocycles. The van der Waals surface area contributed by atoms with Gasteiger partial charge in [0.2, 0.25) is 0 Å². The Morgan fingerprint density at radius 1 is 0.933 bits per heavy atom. The fourth-order valence-corrected chi connectivity index (χ4v) is 2.81. The van der Waals surface area contributed by atoms with Crippen molar-refractivity contribution in [2.24, 2.45) is 4.99 Å². The van der Waals surface area contributed by atoms with Crippen molar-refractivity contribution in [2.45, 2.75) is 33.9 Å². The Morgan fingerprint density at radius 2 is 1.73 bits per heavy atom. The highest BCUT2D eigenvalue weighted by atomic mass is 19.1.